The number of aromatic nitrogens is 3. The number of pyridine rings is 1. The molecule has 0 spiro atoms. The number of rotatable bonds is 8. The summed E-state index contributed by atoms with van der Waals surface area (Å²) in [4.78, 5) is 30.5. The van der Waals surface area contributed by atoms with Crippen molar-refractivity contribution in [3.63, 3.8) is 0 Å². The first-order valence-corrected chi connectivity index (χ1v) is 12.5. The molecular formula is C23H28N4O5S. The van der Waals surface area contributed by atoms with E-state index in [2.05, 4.69) is 14.8 Å². The average Bonchev–Trinajstić information content (AvgIpc) is 3.16. The van der Waals surface area contributed by atoms with E-state index < -0.39 is 27.9 Å². The number of fused-ring (bicyclic) bond motifs is 1. The fraction of sp³-hybridized carbons (Fsp3) is 0.391. The first-order valence-electron chi connectivity index (χ1n) is 10.6. The van der Waals surface area contributed by atoms with Crippen molar-refractivity contribution in [3.05, 3.63) is 53.3 Å². The average molecular weight is 473 g/mol. The number of hydrogen-bond donors (Lipinski definition) is 1. The third-order valence-corrected chi connectivity index (χ3v) is 5.62. The molecule has 2 aromatic heterocycles. The van der Waals surface area contributed by atoms with Crippen LogP contribution in [0.1, 0.15) is 73.0 Å². The molecule has 0 saturated carbocycles. The largest absolute Gasteiger partial charge is 0.451 e. The third kappa shape index (κ3) is 5.57. The van der Waals surface area contributed by atoms with Crippen molar-refractivity contribution in [2.24, 2.45) is 0 Å². The predicted octanol–water partition coefficient (Wildman–Crippen LogP) is 3.94. The molecule has 0 aliphatic heterocycles. The third-order valence-electron chi connectivity index (χ3n) is 5.01. The van der Waals surface area contributed by atoms with Gasteiger partial charge in [0.25, 0.3) is 0 Å². The molecule has 9 nitrogen and oxygen atoms in total. The summed E-state index contributed by atoms with van der Waals surface area (Å²) in [6.45, 7) is 9.42. The highest BCUT2D eigenvalue weighted by Gasteiger charge is 2.24. The Hall–Kier alpha value is -3.27. The summed E-state index contributed by atoms with van der Waals surface area (Å²) in [5.41, 5.74) is 2.26. The number of Topliss-reactive ketones (excluding diaryl/α,β-unsaturated/α-hetero) is 1. The van der Waals surface area contributed by atoms with Crippen LogP contribution in [-0.4, -0.2) is 47.3 Å². The number of nitrogens with one attached hydrogen (secondary N) is 1. The van der Waals surface area contributed by atoms with Gasteiger partial charge in [-0.2, -0.15) is 5.10 Å². The van der Waals surface area contributed by atoms with Gasteiger partial charge < -0.3 is 4.74 Å². The quantitative estimate of drug-likeness (QED) is 0.389. The number of carbonyl (C=O) groups excluding carboxylic acids is 2. The Kier molecular flexibility index (Phi) is 6.87. The molecule has 33 heavy (non-hydrogen) atoms. The van der Waals surface area contributed by atoms with Crippen molar-refractivity contribution in [2.75, 3.05) is 11.0 Å². The van der Waals surface area contributed by atoms with Gasteiger partial charge in [0.05, 0.1) is 23.4 Å². The molecule has 0 radical (unpaired) electrons. The van der Waals surface area contributed by atoms with Gasteiger partial charge in [-0.05, 0) is 57.0 Å². The Morgan fingerprint density at radius 3 is 2.24 bits per heavy atom. The molecule has 2 heterocycles. The lowest BCUT2D eigenvalue weighted by Gasteiger charge is -2.15. The summed E-state index contributed by atoms with van der Waals surface area (Å²) in [6.07, 6.45) is 1.58. The molecule has 3 rings (SSSR count). The molecule has 176 valence electrons. The Morgan fingerprint density at radius 2 is 1.70 bits per heavy atom. The molecule has 0 saturated heterocycles. The van der Waals surface area contributed by atoms with Gasteiger partial charge >= 0.3 is 5.97 Å². The summed E-state index contributed by atoms with van der Waals surface area (Å²) >= 11 is 0. The van der Waals surface area contributed by atoms with E-state index in [-0.39, 0.29) is 12.0 Å². The molecule has 0 fully saturated rings. The highest BCUT2D eigenvalue weighted by atomic mass is 32.2. The lowest BCUT2D eigenvalue weighted by atomic mass is 10.0. The zero-order chi connectivity index (χ0) is 24.5. The molecular weight excluding hydrogens is 444 g/mol. The summed E-state index contributed by atoms with van der Waals surface area (Å²) in [7, 11) is -3.42. The van der Waals surface area contributed by atoms with E-state index >= 15 is 0 Å². The van der Waals surface area contributed by atoms with Crippen LogP contribution in [0.15, 0.2) is 36.5 Å². The molecule has 0 aliphatic rings. The van der Waals surface area contributed by atoms with Crippen molar-refractivity contribution in [1.29, 1.82) is 0 Å². The van der Waals surface area contributed by atoms with E-state index in [1.807, 2.05) is 27.7 Å². The van der Waals surface area contributed by atoms with Crippen molar-refractivity contribution in [1.82, 2.24) is 14.8 Å². The topological polar surface area (TPSA) is 120 Å². The van der Waals surface area contributed by atoms with E-state index in [0.717, 1.165) is 11.9 Å². The van der Waals surface area contributed by atoms with Gasteiger partial charge in [0, 0.05) is 23.0 Å². The van der Waals surface area contributed by atoms with Gasteiger partial charge in [-0.1, -0.05) is 13.8 Å². The molecule has 0 bridgehead atoms. The number of benzene rings is 1. The van der Waals surface area contributed by atoms with Gasteiger partial charge in [-0.15, -0.1) is 0 Å². The van der Waals surface area contributed by atoms with E-state index in [9.17, 15) is 18.0 Å². The standard InChI is InChI=1S/C23H28N4O5S/c1-13(2)20-11-18(19-12-24-27(14(3)4)22(19)25-20)23(29)32-15(5)21(28)16-7-9-17(10-8-16)26-33(6,30)31/h7-15,26H,1-6H3. The second-order valence-electron chi connectivity index (χ2n) is 8.53. The fourth-order valence-corrected chi connectivity index (χ4v) is 3.87. The Bertz CT molecular complexity index is 1290. The van der Waals surface area contributed by atoms with Crippen molar-refractivity contribution >= 4 is 38.5 Å². The molecule has 10 heteroatoms. The minimum Gasteiger partial charge on any atom is -0.451 e. The number of nitrogens with zero attached hydrogens (tertiary/aromatic N) is 3. The minimum absolute atomic E-state index is 0.0574. The molecule has 1 aromatic carbocycles. The maximum atomic E-state index is 13.1. The van der Waals surface area contributed by atoms with Crippen LogP contribution < -0.4 is 4.72 Å². The second-order valence-corrected chi connectivity index (χ2v) is 10.3. The summed E-state index contributed by atoms with van der Waals surface area (Å²) in [5.74, 6) is -0.958. The summed E-state index contributed by atoms with van der Waals surface area (Å²) < 4.78 is 32.3. The maximum Gasteiger partial charge on any atom is 0.339 e. The second kappa shape index (κ2) is 9.30. The van der Waals surface area contributed by atoms with Gasteiger partial charge in [0.15, 0.2) is 11.8 Å². The van der Waals surface area contributed by atoms with Crippen molar-refractivity contribution < 1.29 is 22.7 Å². The lowest BCUT2D eigenvalue weighted by Crippen LogP contribution is -2.24. The summed E-state index contributed by atoms with van der Waals surface area (Å²) in [6, 6.07) is 7.66. The maximum absolute atomic E-state index is 13.1. The Morgan fingerprint density at radius 1 is 1.06 bits per heavy atom. The molecule has 1 N–H and O–H groups in total. The highest BCUT2D eigenvalue weighted by Crippen LogP contribution is 2.25. The monoisotopic (exact) mass is 472 g/mol. The zero-order valence-corrected chi connectivity index (χ0v) is 20.3. The first kappa shape index (κ1) is 24.4. The number of carbonyl (C=O) groups is 2. The number of ether oxygens (including phenoxy) is 1. The Labute approximate surface area is 193 Å². The van der Waals surface area contributed by atoms with Gasteiger partial charge in [-0.25, -0.2) is 22.9 Å². The van der Waals surface area contributed by atoms with Crippen LogP contribution in [0.25, 0.3) is 11.0 Å². The van der Waals surface area contributed by atoms with Crippen LogP contribution in [0, 0.1) is 0 Å². The number of anilines is 1. The van der Waals surface area contributed by atoms with Crippen LogP contribution in [0.2, 0.25) is 0 Å². The molecule has 0 amide bonds. The Balaban J connectivity index is 1.85. The smallest absolute Gasteiger partial charge is 0.339 e. The van der Waals surface area contributed by atoms with Crippen LogP contribution >= 0.6 is 0 Å². The molecule has 1 atom stereocenters. The number of esters is 1. The van der Waals surface area contributed by atoms with Gasteiger partial charge in [0.2, 0.25) is 15.8 Å². The van der Waals surface area contributed by atoms with Crippen LogP contribution in [-0.2, 0) is 14.8 Å². The SMILES string of the molecule is CC(OC(=O)c1cc(C(C)C)nc2c1cnn2C(C)C)C(=O)c1ccc(NS(C)(=O)=O)cc1. The number of hydrogen-bond acceptors (Lipinski definition) is 7. The normalized spacial score (nSPS) is 12.8. The van der Waals surface area contributed by atoms with Gasteiger partial charge in [0.1, 0.15) is 0 Å². The number of ketones is 1. The zero-order valence-electron chi connectivity index (χ0n) is 19.5. The lowest BCUT2D eigenvalue weighted by molar-refractivity contribution is 0.0320. The van der Waals surface area contributed by atoms with Crippen LogP contribution in [0.5, 0.6) is 0 Å². The van der Waals surface area contributed by atoms with Gasteiger partial charge in [-0.3, -0.25) is 9.52 Å². The van der Waals surface area contributed by atoms with E-state index in [1.54, 1.807) is 16.9 Å². The van der Waals surface area contributed by atoms with E-state index in [0.29, 0.717) is 27.8 Å². The number of sulfonamides is 1. The van der Waals surface area contributed by atoms with Crippen LogP contribution in [0.3, 0.4) is 0 Å². The fourth-order valence-electron chi connectivity index (χ4n) is 3.31. The summed E-state index contributed by atoms with van der Waals surface area (Å²) in [5, 5.41) is 4.93. The molecule has 0 aliphatic carbocycles. The first-order chi connectivity index (χ1) is 15.4. The predicted molar refractivity (Wildman–Crippen MR) is 126 cm³/mol. The molecule has 3 aromatic rings. The minimum atomic E-state index is -3.42. The van der Waals surface area contributed by atoms with Crippen molar-refractivity contribution in [2.45, 2.75) is 52.7 Å². The van der Waals surface area contributed by atoms with Crippen molar-refractivity contribution in [3.8, 4) is 0 Å². The van der Waals surface area contributed by atoms with E-state index in [1.165, 1.54) is 31.2 Å². The van der Waals surface area contributed by atoms with E-state index in [4.69, 9.17) is 4.74 Å². The van der Waals surface area contributed by atoms with Crippen LogP contribution in [0.4, 0.5) is 5.69 Å². The highest BCUT2D eigenvalue weighted by molar-refractivity contribution is 7.92. The molecule has 1 unspecified atom stereocenters.